The first-order valence-corrected chi connectivity index (χ1v) is 6.51. The molecule has 2 rings (SSSR count). The Hall–Kier alpha value is -2.55. The maximum absolute atomic E-state index is 11.9. The van der Waals surface area contributed by atoms with Gasteiger partial charge in [0.05, 0.1) is 5.69 Å². The predicted molar refractivity (Wildman–Crippen MR) is 66.6 cm³/mol. The molecule has 0 aliphatic carbocycles. The highest BCUT2D eigenvalue weighted by molar-refractivity contribution is 7.92. The number of para-hydroxylation sites is 2. The van der Waals surface area contributed by atoms with Gasteiger partial charge in [-0.25, -0.2) is 13.2 Å². The highest BCUT2D eigenvalue weighted by Crippen LogP contribution is 2.23. The van der Waals surface area contributed by atoms with E-state index in [0.717, 1.165) is 6.20 Å². The van der Waals surface area contributed by atoms with Crippen molar-refractivity contribution in [3.05, 3.63) is 51.3 Å². The number of benzene rings is 1. The SMILES string of the molecule is O=c1[nH]cc(S(=O)(=O)Nc2ccccc2O)c(=O)[nH]1. The van der Waals surface area contributed by atoms with Crippen LogP contribution in [0.1, 0.15) is 0 Å². The summed E-state index contributed by atoms with van der Waals surface area (Å²) in [6.07, 6.45) is 0.781. The van der Waals surface area contributed by atoms with Crippen LogP contribution in [0.5, 0.6) is 5.75 Å². The Bertz CT molecular complexity index is 821. The minimum absolute atomic E-state index is 0.0758. The van der Waals surface area contributed by atoms with Crippen molar-refractivity contribution in [2.24, 2.45) is 0 Å². The van der Waals surface area contributed by atoms with Crippen LogP contribution in [0.4, 0.5) is 5.69 Å². The summed E-state index contributed by atoms with van der Waals surface area (Å²) in [4.78, 5) is 25.4. The second kappa shape index (κ2) is 4.61. The van der Waals surface area contributed by atoms with E-state index in [0.29, 0.717) is 0 Å². The minimum atomic E-state index is -4.21. The normalized spacial score (nSPS) is 11.2. The molecule has 8 nitrogen and oxygen atoms in total. The molecule has 9 heteroatoms. The van der Waals surface area contributed by atoms with Crippen molar-refractivity contribution in [3.63, 3.8) is 0 Å². The number of H-pyrrole nitrogens is 2. The molecule has 0 fully saturated rings. The molecular formula is C10H9N3O5S. The van der Waals surface area contributed by atoms with Crippen LogP contribution in [0.25, 0.3) is 0 Å². The summed E-state index contributed by atoms with van der Waals surface area (Å²) in [7, 11) is -4.21. The van der Waals surface area contributed by atoms with Crippen LogP contribution in [0.3, 0.4) is 0 Å². The molecule has 0 saturated heterocycles. The van der Waals surface area contributed by atoms with Crippen LogP contribution >= 0.6 is 0 Å². The lowest BCUT2D eigenvalue weighted by Crippen LogP contribution is -2.29. The number of phenols is 1. The predicted octanol–water partition coefficient (Wildman–Crippen LogP) is -0.430. The third kappa shape index (κ3) is 2.65. The number of aromatic nitrogens is 2. The molecule has 19 heavy (non-hydrogen) atoms. The fourth-order valence-corrected chi connectivity index (χ4v) is 2.44. The van der Waals surface area contributed by atoms with E-state index in [4.69, 9.17) is 0 Å². The first-order valence-electron chi connectivity index (χ1n) is 5.03. The van der Waals surface area contributed by atoms with Crippen molar-refractivity contribution < 1.29 is 13.5 Å². The molecule has 0 amide bonds. The van der Waals surface area contributed by atoms with Gasteiger partial charge in [0.1, 0.15) is 5.75 Å². The van der Waals surface area contributed by atoms with Crippen molar-refractivity contribution >= 4 is 15.7 Å². The summed E-state index contributed by atoms with van der Waals surface area (Å²) < 4.78 is 25.9. The number of hydrogen-bond acceptors (Lipinski definition) is 5. The van der Waals surface area contributed by atoms with E-state index in [2.05, 4.69) is 4.98 Å². The molecule has 1 heterocycles. The summed E-state index contributed by atoms with van der Waals surface area (Å²) in [5.74, 6) is -0.285. The molecule has 0 bridgehead atoms. The van der Waals surface area contributed by atoms with Crippen LogP contribution in [0, 0.1) is 0 Å². The number of phenolic OH excluding ortho intramolecular Hbond substituents is 1. The highest BCUT2D eigenvalue weighted by atomic mass is 32.2. The lowest BCUT2D eigenvalue weighted by atomic mass is 10.3. The van der Waals surface area contributed by atoms with Gasteiger partial charge in [0, 0.05) is 6.20 Å². The zero-order valence-electron chi connectivity index (χ0n) is 9.38. The zero-order chi connectivity index (χ0) is 14.0. The van der Waals surface area contributed by atoms with Crippen molar-refractivity contribution in [1.82, 2.24) is 9.97 Å². The molecule has 0 aliphatic heterocycles. The molecule has 2 aromatic rings. The Morgan fingerprint density at radius 1 is 1.16 bits per heavy atom. The quantitative estimate of drug-likeness (QED) is 0.567. The molecule has 0 aliphatic rings. The molecule has 0 saturated carbocycles. The Balaban J connectivity index is 2.47. The molecular weight excluding hydrogens is 274 g/mol. The van der Waals surface area contributed by atoms with E-state index < -0.39 is 26.2 Å². The van der Waals surface area contributed by atoms with Gasteiger partial charge in [0.2, 0.25) is 0 Å². The maximum atomic E-state index is 11.9. The standard InChI is InChI=1S/C10H9N3O5S/c14-7-4-2-1-3-6(7)13-19(17,18)8-5-11-10(16)12-9(8)15/h1-5,13-14H,(H2,11,12,15,16). The third-order valence-electron chi connectivity index (χ3n) is 2.22. The van der Waals surface area contributed by atoms with Crippen molar-refractivity contribution in [3.8, 4) is 5.75 Å². The van der Waals surface area contributed by atoms with E-state index in [9.17, 15) is 23.1 Å². The fourth-order valence-electron chi connectivity index (χ4n) is 1.36. The number of aromatic hydroxyl groups is 1. The van der Waals surface area contributed by atoms with Crippen molar-refractivity contribution in [2.75, 3.05) is 4.72 Å². The topological polar surface area (TPSA) is 132 Å². The Morgan fingerprint density at radius 3 is 2.47 bits per heavy atom. The van der Waals surface area contributed by atoms with Crippen LogP contribution in [-0.4, -0.2) is 23.5 Å². The number of rotatable bonds is 3. The van der Waals surface area contributed by atoms with Gasteiger partial charge in [0.25, 0.3) is 15.6 Å². The molecule has 4 N–H and O–H groups in total. The van der Waals surface area contributed by atoms with E-state index in [1.165, 1.54) is 24.3 Å². The van der Waals surface area contributed by atoms with Gasteiger partial charge in [-0.05, 0) is 12.1 Å². The molecule has 1 aromatic heterocycles. The number of aromatic amines is 2. The number of nitrogens with one attached hydrogen (secondary N) is 3. The van der Waals surface area contributed by atoms with Gasteiger partial charge in [-0.2, -0.15) is 0 Å². The van der Waals surface area contributed by atoms with Gasteiger partial charge in [0.15, 0.2) is 4.90 Å². The van der Waals surface area contributed by atoms with Gasteiger partial charge in [-0.1, -0.05) is 12.1 Å². The van der Waals surface area contributed by atoms with Crippen LogP contribution in [0.15, 0.2) is 44.9 Å². The Morgan fingerprint density at radius 2 is 1.84 bits per heavy atom. The van der Waals surface area contributed by atoms with Gasteiger partial charge >= 0.3 is 5.69 Å². The van der Waals surface area contributed by atoms with Gasteiger partial charge in [-0.3, -0.25) is 14.5 Å². The molecule has 0 atom stereocenters. The van der Waals surface area contributed by atoms with Crippen LogP contribution < -0.4 is 16.0 Å². The Labute approximate surface area is 106 Å². The first kappa shape index (κ1) is 12.9. The lowest BCUT2D eigenvalue weighted by molar-refractivity contribution is 0.477. The largest absolute Gasteiger partial charge is 0.506 e. The van der Waals surface area contributed by atoms with Crippen molar-refractivity contribution in [1.29, 1.82) is 0 Å². The zero-order valence-corrected chi connectivity index (χ0v) is 10.2. The minimum Gasteiger partial charge on any atom is -0.506 e. The van der Waals surface area contributed by atoms with Crippen molar-refractivity contribution in [2.45, 2.75) is 4.90 Å². The summed E-state index contributed by atoms with van der Waals surface area (Å²) in [6, 6.07) is 5.64. The fraction of sp³-hybridized carbons (Fsp3) is 0. The number of sulfonamides is 1. The molecule has 0 radical (unpaired) electrons. The van der Waals surface area contributed by atoms with E-state index in [1.807, 2.05) is 4.72 Å². The Kier molecular flexibility index (Phi) is 3.13. The smallest absolute Gasteiger partial charge is 0.325 e. The van der Waals surface area contributed by atoms with Crippen LogP contribution in [-0.2, 0) is 10.0 Å². The van der Waals surface area contributed by atoms with E-state index in [-0.39, 0.29) is 11.4 Å². The first-order chi connectivity index (χ1) is 8.90. The summed E-state index contributed by atoms with van der Waals surface area (Å²) in [6.45, 7) is 0. The average Bonchev–Trinajstić information content (AvgIpc) is 2.31. The summed E-state index contributed by atoms with van der Waals surface area (Å²) >= 11 is 0. The summed E-state index contributed by atoms with van der Waals surface area (Å²) in [5.41, 5.74) is -1.94. The second-order valence-corrected chi connectivity index (χ2v) is 5.21. The third-order valence-corrected chi connectivity index (χ3v) is 3.59. The maximum Gasteiger partial charge on any atom is 0.325 e. The van der Waals surface area contributed by atoms with Gasteiger partial charge in [-0.15, -0.1) is 0 Å². The molecule has 0 unspecified atom stereocenters. The van der Waals surface area contributed by atoms with E-state index >= 15 is 0 Å². The number of anilines is 1. The second-order valence-electron chi connectivity index (χ2n) is 3.56. The van der Waals surface area contributed by atoms with E-state index in [1.54, 1.807) is 4.98 Å². The molecule has 1 aromatic carbocycles. The van der Waals surface area contributed by atoms with Crippen LogP contribution in [0.2, 0.25) is 0 Å². The number of hydrogen-bond donors (Lipinski definition) is 4. The average molecular weight is 283 g/mol. The molecule has 100 valence electrons. The van der Waals surface area contributed by atoms with Gasteiger partial charge < -0.3 is 10.1 Å². The highest BCUT2D eigenvalue weighted by Gasteiger charge is 2.20. The monoisotopic (exact) mass is 283 g/mol. The summed E-state index contributed by atoms with van der Waals surface area (Å²) in [5, 5.41) is 9.46. The lowest BCUT2D eigenvalue weighted by Gasteiger charge is -2.08. The molecule has 0 spiro atoms.